The van der Waals surface area contributed by atoms with Crippen LogP contribution in [-0.4, -0.2) is 11.7 Å². The van der Waals surface area contributed by atoms with Gasteiger partial charge in [0.1, 0.15) is 16.7 Å². The Kier molecular flexibility index (Phi) is 4.63. The van der Waals surface area contributed by atoms with Gasteiger partial charge in [-0.25, -0.2) is 0 Å². The average molecular weight is 506 g/mol. The Labute approximate surface area is 226 Å². The molecule has 0 saturated heterocycles. The molecule has 3 nitrogen and oxygen atoms in total. The Morgan fingerprint density at radius 3 is 2.49 bits per heavy atom. The highest BCUT2D eigenvalue weighted by molar-refractivity contribution is 5.98. The maximum atomic E-state index is 6.39. The molecule has 188 valence electrons. The van der Waals surface area contributed by atoms with Crippen LogP contribution < -0.4 is 15.4 Å². The van der Waals surface area contributed by atoms with E-state index in [1.165, 1.54) is 43.8 Å². The van der Waals surface area contributed by atoms with E-state index >= 15 is 0 Å². The maximum Gasteiger partial charge on any atom is 0.135 e. The van der Waals surface area contributed by atoms with Crippen LogP contribution in [0.5, 0.6) is 5.75 Å². The average Bonchev–Trinajstić information content (AvgIpc) is 3.55. The SMILES string of the molecule is COc1ccc(C2=Cc3cc4c(ccn4-c4ccccc4)cc3C3C=c4oc5ccccc5c4=CC23C)cc1. The van der Waals surface area contributed by atoms with Gasteiger partial charge in [-0.1, -0.05) is 61.5 Å². The number of benzene rings is 4. The van der Waals surface area contributed by atoms with Gasteiger partial charge in [-0.15, -0.1) is 0 Å². The summed E-state index contributed by atoms with van der Waals surface area (Å²) >= 11 is 0. The van der Waals surface area contributed by atoms with Gasteiger partial charge in [-0.05, 0) is 82.9 Å². The van der Waals surface area contributed by atoms with Gasteiger partial charge in [0.2, 0.25) is 0 Å². The van der Waals surface area contributed by atoms with Crippen LogP contribution in [0.2, 0.25) is 0 Å². The van der Waals surface area contributed by atoms with E-state index in [2.05, 4.69) is 127 Å². The van der Waals surface area contributed by atoms with Crippen molar-refractivity contribution in [3.8, 4) is 11.4 Å². The number of nitrogens with zero attached hydrogens (tertiary/aromatic N) is 1. The number of allylic oxidation sites excluding steroid dienone is 1. The first-order chi connectivity index (χ1) is 19.1. The molecule has 4 aromatic carbocycles. The third kappa shape index (κ3) is 3.23. The highest BCUT2D eigenvalue weighted by atomic mass is 16.5. The largest absolute Gasteiger partial charge is 0.497 e. The predicted molar refractivity (Wildman–Crippen MR) is 159 cm³/mol. The van der Waals surface area contributed by atoms with Crippen LogP contribution in [0.25, 0.3) is 51.4 Å². The summed E-state index contributed by atoms with van der Waals surface area (Å²) in [5, 5.41) is 3.59. The number of rotatable bonds is 3. The molecule has 2 heterocycles. The number of para-hydroxylation sites is 2. The van der Waals surface area contributed by atoms with Crippen molar-refractivity contribution in [2.45, 2.75) is 12.8 Å². The summed E-state index contributed by atoms with van der Waals surface area (Å²) in [6.45, 7) is 2.37. The molecule has 2 atom stereocenters. The quantitative estimate of drug-likeness (QED) is 0.252. The fourth-order valence-corrected chi connectivity index (χ4v) is 6.63. The number of methoxy groups -OCH3 is 1. The van der Waals surface area contributed by atoms with Crippen molar-refractivity contribution < 1.29 is 9.15 Å². The van der Waals surface area contributed by atoms with Crippen LogP contribution in [0.4, 0.5) is 0 Å². The van der Waals surface area contributed by atoms with E-state index in [4.69, 9.17) is 9.15 Å². The Balaban J connectivity index is 1.42. The molecular formula is C36H27NO2. The molecule has 0 bridgehead atoms. The number of ether oxygens (including phenoxy) is 1. The first kappa shape index (κ1) is 22.2. The highest BCUT2D eigenvalue weighted by Crippen LogP contribution is 2.55. The molecule has 0 spiro atoms. The molecule has 8 rings (SSSR count). The van der Waals surface area contributed by atoms with E-state index in [1.807, 2.05) is 6.07 Å². The van der Waals surface area contributed by atoms with Gasteiger partial charge in [0, 0.05) is 39.2 Å². The second-order valence-corrected chi connectivity index (χ2v) is 10.8. The molecule has 2 aliphatic carbocycles. The highest BCUT2D eigenvalue weighted by Gasteiger charge is 2.42. The van der Waals surface area contributed by atoms with Crippen LogP contribution in [-0.2, 0) is 0 Å². The second-order valence-electron chi connectivity index (χ2n) is 10.8. The summed E-state index contributed by atoms with van der Waals surface area (Å²) < 4.78 is 14.1. The standard InChI is InChI=1S/C36H27NO2/c1-36-22-30-28-10-6-7-11-34(28)39-35(30)21-32(36)29-18-24-16-17-37(26-8-4-3-5-9-26)33(24)20-25(29)19-31(36)23-12-14-27(38-2)15-13-23/h3-22,32H,1-2H3. The maximum absolute atomic E-state index is 6.39. The lowest BCUT2D eigenvalue weighted by molar-refractivity contribution is 0.414. The fourth-order valence-electron chi connectivity index (χ4n) is 6.63. The molecule has 0 N–H and O–H groups in total. The topological polar surface area (TPSA) is 27.3 Å². The van der Waals surface area contributed by atoms with Gasteiger partial charge in [0.15, 0.2) is 0 Å². The minimum atomic E-state index is -0.253. The second kappa shape index (κ2) is 8.12. The number of furan rings is 1. The molecule has 0 amide bonds. The predicted octanol–water partition coefficient (Wildman–Crippen LogP) is 7.30. The van der Waals surface area contributed by atoms with E-state index in [0.717, 1.165) is 22.4 Å². The van der Waals surface area contributed by atoms with Gasteiger partial charge in [-0.3, -0.25) is 0 Å². The summed E-state index contributed by atoms with van der Waals surface area (Å²) in [6.07, 6.45) is 9.36. The lowest BCUT2D eigenvalue weighted by Crippen LogP contribution is -2.38. The molecule has 0 radical (unpaired) electrons. The Bertz CT molecular complexity index is 2060. The van der Waals surface area contributed by atoms with Crippen molar-refractivity contribution in [3.63, 3.8) is 0 Å². The molecule has 0 aliphatic heterocycles. The minimum absolute atomic E-state index is 0.132. The summed E-state index contributed by atoms with van der Waals surface area (Å²) in [5.74, 6) is 0.995. The van der Waals surface area contributed by atoms with E-state index in [1.54, 1.807) is 7.11 Å². The monoisotopic (exact) mass is 505 g/mol. The van der Waals surface area contributed by atoms with Crippen molar-refractivity contribution in [2.24, 2.45) is 5.41 Å². The van der Waals surface area contributed by atoms with E-state index < -0.39 is 0 Å². The van der Waals surface area contributed by atoms with E-state index in [9.17, 15) is 0 Å². The van der Waals surface area contributed by atoms with Crippen LogP contribution in [0, 0.1) is 5.41 Å². The minimum Gasteiger partial charge on any atom is -0.497 e. The van der Waals surface area contributed by atoms with Gasteiger partial charge < -0.3 is 13.7 Å². The molecule has 3 heteroatoms. The molecular weight excluding hydrogens is 478 g/mol. The molecule has 39 heavy (non-hydrogen) atoms. The number of hydrogen-bond acceptors (Lipinski definition) is 2. The zero-order valence-electron chi connectivity index (χ0n) is 21.9. The Morgan fingerprint density at radius 2 is 1.67 bits per heavy atom. The van der Waals surface area contributed by atoms with Gasteiger partial charge >= 0.3 is 0 Å². The van der Waals surface area contributed by atoms with Crippen LogP contribution >= 0.6 is 0 Å². The lowest BCUT2D eigenvalue weighted by Gasteiger charge is -2.42. The summed E-state index contributed by atoms with van der Waals surface area (Å²) in [6, 6.07) is 34.3. The normalized spacial score (nSPS) is 19.4. The third-order valence-corrected chi connectivity index (χ3v) is 8.62. The van der Waals surface area contributed by atoms with Crippen molar-refractivity contribution in [1.82, 2.24) is 4.57 Å². The molecule has 2 aliphatic rings. The van der Waals surface area contributed by atoms with Crippen molar-refractivity contribution in [1.29, 1.82) is 0 Å². The smallest absolute Gasteiger partial charge is 0.135 e. The van der Waals surface area contributed by atoms with Crippen molar-refractivity contribution in [2.75, 3.05) is 7.11 Å². The zero-order valence-corrected chi connectivity index (χ0v) is 21.9. The first-order valence-electron chi connectivity index (χ1n) is 13.4. The zero-order chi connectivity index (χ0) is 26.1. The van der Waals surface area contributed by atoms with E-state index in [-0.39, 0.29) is 11.3 Å². The molecule has 6 aromatic rings. The van der Waals surface area contributed by atoms with Crippen LogP contribution in [0.3, 0.4) is 0 Å². The van der Waals surface area contributed by atoms with Crippen molar-refractivity contribution in [3.05, 3.63) is 131 Å². The lowest BCUT2D eigenvalue weighted by atomic mass is 9.61. The van der Waals surface area contributed by atoms with Crippen LogP contribution in [0.15, 0.2) is 108 Å². The third-order valence-electron chi connectivity index (χ3n) is 8.62. The number of fused-ring (bicyclic) bond motifs is 7. The van der Waals surface area contributed by atoms with Gasteiger partial charge in [-0.2, -0.15) is 0 Å². The molecule has 2 unspecified atom stereocenters. The molecule has 0 saturated carbocycles. The van der Waals surface area contributed by atoms with Gasteiger partial charge in [0.05, 0.1) is 12.6 Å². The van der Waals surface area contributed by atoms with E-state index in [0.29, 0.717) is 0 Å². The number of hydrogen-bond donors (Lipinski definition) is 0. The molecule has 0 fully saturated rings. The van der Waals surface area contributed by atoms with Crippen molar-refractivity contribution >= 4 is 45.7 Å². The Hall–Kier alpha value is -4.76. The number of aromatic nitrogens is 1. The summed E-state index contributed by atoms with van der Waals surface area (Å²) in [5.41, 5.74) is 9.09. The summed E-state index contributed by atoms with van der Waals surface area (Å²) in [4.78, 5) is 0. The summed E-state index contributed by atoms with van der Waals surface area (Å²) in [7, 11) is 1.71. The fraction of sp³-hybridized carbons (Fsp3) is 0.111. The first-order valence-corrected chi connectivity index (χ1v) is 13.4. The van der Waals surface area contributed by atoms with Gasteiger partial charge in [0.25, 0.3) is 0 Å². The Morgan fingerprint density at radius 1 is 0.872 bits per heavy atom. The molecule has 2 aromatic heterocycles. The van der Waals surface area contributed by atoms with Crippen LogP contribution in [0.1, 0.15) is 29.5 Å².